The molecule has 1 heterocycles. The third-order valence-electron chi connectivity index (χ3n) is 5.99. The van der Waals surface area contributed by atoms with E-state index in [1.54, 1.807) is 48.5 Å². The van der Waals surface area contributed by atoms with E-state index in [0.29, 0.717) is 17.1 Å². The van der Waals surface area contributed by atoms with Crippen LogP contribution < -0.4 is 9.47 Å². The first-order valence-corrected chi connectivity index (χ1v) is 11.8. The number of methoxy groups -OCH3 is 2. The van der Waals surface area contributed by atoms with E-state index in [-0.39, 0.29) is 47.5 Å². The van der Waals surface area contributed by atoms with Crippen molar-refractivity contribution in [3.8, 4) is 11.5 Å². The summed E-state index contributed by atoms with van der Waals surface area (Å²) in [6.45, 7) is 0.517. The first-order valence-electron chi connectivity index (χ1n) is 11.4. The predicted molar refractivity (Wildman–Crippen MR) is 136 cm³/mol. The topological polar surface area (TPSA) is 85.3 Å². The van der Waals surface area contributed by atoms with Gasteiger partial charge in [0.25, 0.3) is 11.7 Å². The van der Waals surface area contributed by atoms with Crippen molar-refractivity contribution in [2.24, 2.45) is 0 Å². The lowest BCUT2D eigenvalue weighted by Crippen LogP contribution is -2.32. The van der Waals surface area contributed by atoms with Gasteiger partial charge in [0.1, 0.15) is 29.7 Å². The summed E-state index contributed by atoms with van der Waals surface area (Å²) in [5, 5.41) is 11.4. The van der Waals surface area contributed by atoms with Crippen LogP contribution in [0.15, 0.2) is 72.3 Å². The molecule has 0 bridgehead atoms. The molecule has 0 aromatic heterocycles. The summed E-state index contributed by atoms with van der Waals surface area (Å²) < 4.78 is 29.4. The highest BCUT2D eigenvalue weighted by Crippen LogP contribution is 2.41. The molecule has 1 saturated heterocycles. The molecule has 0 spiro atoms. The van der Waals surface area contributed by atoms with Gasteiger partial charge in [-0.15, -0.1) is 0 Å². The van der Waals surface area contributed by atoms with Crippen LogP contribution in [0.1, 0.15) is 22.7 Å². The number of carbonyl (C=O) groups excluding carboxylic acids is 2. The zero-order chi connectivity index (χ0) is 26.5. The first-order chi connectivity index (χ1) is 17.8. The molecule has 0 aliphatic carbocycles. The Balaban J connectivity index is 1.73. The van der Waals surface area contributed by atoms with Gasteiger partial charge in [-0.3, -0.25) is 9.59 Å². The maximum Gasteiger partial charge on any atom is 0.295 e. The molecule has 0 radical (unpaired) electrons. The standard InChI is InChI=1S/C28H25ClFNO6/c1-35-13-12-31-25(18-4-3-5-21(14-18)37-16-17-6-9-20(30)10-7-17)24(27(33)28(31)34)26(32)19-8-11-23(36-2)22(29)15-19/h3-11,14-15,25,32H,12-13,16H2,1-2H3/b26-24+. The van der Waals surface area contributed by atoms with Crippen molar-refractivity contribution in [3.05, 3.63) is 99.8 Å². The summed E-state index contributed by atoms with van der Waals surface area (Å²) in [7, 11) is 2.96. The molecule has 1 unspecified atom stereocenters. The lowest BCUT2D eigenvalue weighted by atomic mass is 9.95. The highest BCUT2D eigenvalue weighted by atomic mass is 35.5. The Morgan fingerprint density at radius 2 is 1.81 bits per heavy atom. The number of ketones is 1. The monoisotopic (exact) mass is 525 g/mol. The van der Waals surface area contributed by atoms with E-state index in [4.69, 9.17) is 25.8 Å². The number of hydrogen-bond donors (Lipinski definition) is 1. The number of likely N-dealkylation sites (tertiary alicyclic amines) is 1. The van der Waals surface area contributed by atoms with Crippen molar-refractivity contribution in [1.82, 2.24) is 4.90 Å². The van der Waals surface area contributed by atoms with E-state index in [0.717, 1.165) is 5.56 Å². The van der Waals surface area contributed by atoms with E-state index >= 15 is 0 Å². The van der Waals surface area contributed by atoms with E-state index in [1.165, 1.54) is 37.3 Å². The fourth-order valence-corrected chi connectivity index (χ4v) is 4.40. The number of halogens is 2. The van der Waals surface area contributed by atoms with Gasteiger partial charge >= 0.3 is 0 Å². The number of Topliss-reactive ketones (excluding diaryl/α,β-unsaturated/α-hetero) is 1. The molecule has 37 heavy (non-hydrogen) atoms. The second-order valence-electron chi connectivity index (χ2n) is 8.32. The summed E-state index contributed by atoms with van der Waals surface area (Å²) in [4.78, 5) is 27.5. The molecule has 1 atom stereocenters. The molecule has 1 N–H and O–H groups in total. The van der Waals surface area contributed by atoms with Crippen molar-refractivity contribution in [2.45, 2.75) is 12.6 Å². The van der Waals surface area contributed by atoms with E-state index in [1.807, 2.05) is 0 Å². The molecule has 1 aliphatic heterocycles. The summed E-state index contributed by atoms with van der Waals surface area (Å²) >= 11 is 6.24. The third-order valence-corrected chi connectivity index (χ3v) is 6.29. The Morgan fingerprint density at radius 3 is 2.49 bits per heavy atom. The van der Waals surface area contributed by atoms with Crippen molar-refractivity contribution >= 4 is 29.1 Å². The van der Waals surface area contributed by atoms with Gasteiger partial charge in [0.2, 0.25) is 0 Å². The highest BCUT2D eigenvalue weighted by molar-refractivity contribution is 6.46. The van der Waals surface area contributed by atoms with Crippen LogP contribution in [0.3, 0.4) is 0 Å². The van der Waals surface area contributed by atoms with Crippen molar-refractivity contribution in [1.29, 1.82) is 0 Å². The zero-order valence-corrected chi connectivity index (χ0v) is 21.0. The lowest BCUT2D eigenvalue weighted by molar-refractivity contribution is -0.140. The summed E-state index contributed by atoms with van der Waals surface area (Å²) in [6, 6.07) is 16.6. The molecule has 1 aliphatic rings. The van der Waals surface area contributed by atoms with Crippen molar-refractivity contribution < 1.29 is 33.3 Å². The fourth-order valence-electron chi connectivity index (χ4n) is 4.14. The van der Waals surface area contributed by atoms with Gasteiger partial charge in [-0.25, -0.2) is 4.39 Å². The third kappa shape index (κ3) is 5.60. The molecule has 9 heteroatoms. The van der Waals surface area contributed by atoms with E-state index in [9.17, 15) is 19.1 Å². The van der Waals surface area contributed by atoms with Crippen LogP contribution in [0.5, 0.6) is 11.5 Å². The second-order valence-corrected chi connectivity index (χ2v) is 8.73. The number of aliphatic hydroxyl groups excluding tert-OH is 1. The number of aliphatic hydroxyl groups is 1. The van der Waals surface area contributed by atoms with Gasteiger partial charge < -0.3 is 24.2 Å². The minimum absolute atomic E-state index is 0.0713. The van der Waals surface area contributed by atoms with Crippen LogP contribution in [0, 0.1) is 5.82 Å². The average Bonchev–Trinajstić information content (AvgIpc) is 3.16. The Morgan fingerprint density at radius 1 is 1.05 bits per heavy atom. The predicted octanol–water partition coefficient (Wildman–Crippen LogP) is 5.13. The molecule has 0 saturated carbocycles. The number of rotatable bonds is 9. The fraction of sp³-hybridized carbons (Fsp3) is 0.214. The van der Waals surface area contributed by atoms with Crippen LogP contribution >= 0.6 is 11.6 Å². The van der Waals surface area contributed by atoms with Gasteiger partial charge in [-0.1, -0.05) is 35.9 Å². The Labute approximate surface area is 218 Å². The molecule has 3 aromatic rings. The van der Waals surface area contributed by atoms with E-state index in [2.05, 4.69) is 0 Å². The molecule has 3 aromatic carbocycles. The quantitative estimate of drug-likeness (QED) is 0.237. The largest absolute Gasteiger partial charge is 0.507 e. The van der Waals surface area contributed by atoms with Gasteiger partial charge in [-0.05, 0) is 53.6 Å². The number of carbonyl (C=O) groups is 2. The smallest absolute Gasteiger partial charge is 0.295 e. The number of hydrogen-bond acceptors (Lipinski definition) is 6. The molecule has 7 nitrogen and oxygen atoms in total. The maximum absolute atomic E-state index is 13.2. The van der Waals surface area contributed by atoms with Gasteiger partial charge in [0.15, 0.2) is 0 Å². The minimum atomic E-state index is -0.884. The summed E-state index contributed by atoms with van der Waals surface area (Å²) in [5.74, 6) is -1.38. The van der Waals surface area contributed by atoms with Gasteiger partial charge in [0, 0.05) is 19.2 Å². The molecule has 4 rings (SSSR count). The van der Waals surface area contributed by atoms with Crippen LogP contribution in [0.4, 0.5) is 4.39 Å². The van der Waals surface area contributed by atoms with Crippen molar-refractivity contribution in [2.75, 3.05) is 27.4 Å². The van der Waals surface area contributed by atoms with Gasteiger partial charge in [0.05, 0.1) is 30.4 Å². The summed E-state index contributed by atoms with van der Waals surface area (Å²) in [6.07, 6.45) is 0. The lowest BCUT2D eigenvalue weighted by Gasteiger charge is -2.25. The van der Waals surface area contributed by atoms with Crippen LogP contribution in [-0.4, -0.2) is 49.1 Å². The Kier molecular flexibility index (Phi) is 8.11. The number of nitrogens with zero attached hydrogens (tertiary/aromatic N) is 1. The normalized spacial score (nSPS) is 16.8. The SMILES string of the molecule is COCCN1C(=O)C(=O)/C(=C(/O)c2ccc(OC)c(Cl)c2)C1c1cccc(OCc2ccc(F)cc2)c1. The van der Waals surface area contributed by atoms with Gasteiger partial charge in [-0.2, -0.15) is 0 Å². The number of benzene rings is 3. The summed E-state index contributed by atoms with van der Waals surface area (Å²) in [5.41, 5.74) is 1.53. The van der Waals surface area contributed by atoms with Crippen LogP contribution in [0.25, 0.3) is 5.76 Å². The van der Waals surface area contributed by atoms with Crippen LogP contribution in [0.2, 0.25) is 5.02 Å². The van der Waals surface area contributed by atoms with Crippen molar-refractivity contribution in [3.63, 3.8) is 0 Å². The number of ether oxygens (including phenoxy) is 3. The molecule has 192 valence electrons. The highest BCUT2D eigenvalue weighted by Gasteiger charge is 2.46. The Bertz CT molecular complexity index is 1340. The maximum atomic E-state index is 13.2. The molecular weight excluding hydrogens is 501 g/mol. The van der Waals surface area contributed by atoms with E-state index < -0.39 is 17.7 Å². The minimum Gasteiger partial charge on any atom is -0.507 e. The average molecular weight is 526 g/mol. The molecule has 1 amide bonds. The number of amides is 1. The first kappa shape index (κ1) is 26.2. The van der Waals surface area contributed by atoms with Crippen LogP contribution in [-0.2, 0) is 20.9 Å². The second kappa shape index (κ2) is 11.5. The zero-order valence-electron chi connectivity index (χ0n) is 20.2. The molecule has 1 fully saturated rings. The molecular formula is C28H25ClFNO6. The Hall–Kier alpha value is -3.88.